The molecule has 0 heterocycles. The van der Waals surface area contributed by atoms with E-state index in [0.717, 1.165) is 0 Å². The monoisotopic (exact) mass is 338 g/mol. The van der Waals surface area contributed by atoms with Crippen molar-refractivity contribution in [2.45, 2.75) is 0 Å². The third-order valence-corrected chi connectivity index (χ3v) is 3.22. The molecular formula is C16H12Cl2O4. The molecule has 0 atom stereocenters. The quantitative estimate of drug-likeness (QED) is 0.567. The molecule has 6 heteroatoms. The van der Waals surface area contributed by atoms with Crippen LogP contribution in [0.4, 0.5) is 0 Å². The maximum absolute atomic E-state index is 10.9. The first kappa shape index (κ1) is 16.3. The van der Waals surface area contributed by atoms with Gasteiger partial charge in [0.15, 0.2) is 0 Å². The maximum atomic E-state index is 10.9. The molecule has 2 aromatic rings. The normalized spacial score (nSPS) is 10.1. The molecule has 0 saturated heterocycles. The Bertz CT molecular complexity index is 591. The van der Waals surface area contributed by atoms with E-state index in [-0.39, 0.29) is 0 Å². The van der Waals surface area contributed by atoms with Crippen molar-refractivity contribution in [3.63, 3.8) is 0 Å². The minimum absolute atomic E-state index is 0.338. The minimum Gasteiger partial charge on any atom is -0.490 e. The van der Waals surface area contributed by atoms with E-state index in [2.05, 4.69) is 0 Å². The van der Waals surface area contributed by atoms with Crippen LogP contribution < -0.4 is 9.47 Å². The summed E-state index contributed by atoms with van der Waals surface area (Å²) >= 11 is 10.7. The molecule has 0 aliphatic heterocycles. The van der Waals surface area contributed by atoms with E-state index in [1.807, 2.05) is 0 Å². The molecule has 0 bridgehead atoms. The molecular weight excluding hydrogens is 327 g/mol. The molecule has 0 fully saturated rings. The predicted molar refractivity (Wildman–Crippen MR) is 84.2 cm³/mol. The largest absolute Gasteiger partial charge is 0.490 e. The summed E-state index contributed by atoms with van der Waals surface area (Å²) in [5.41, 5.74) is 0.832. The Kier molecular flexibility index (Phi) is 5.81. The first-order chi connectivity index (χ1) is 10.6. The first-order valence-corrected chi connectivity index (χ1v) is 7.17. The number of rotatable bonds is 7. The molecule has 0 saturated carbocycles. The molecule has 0 aliphatic carbocycles. The van der Waals surface area contributed by atoms with E-state index in [1.54, 1.807) is 48.5 Å². The summed E-state index contributed by atoms with van der Waals surface area (Å²) in [6, 6.07) is 13.0. The van der Waals surface area contributed by atoms with E-state index in [9.17, 15) is 9.59 Å². The molecule has 0 spiro atoms. The van der Waals surface area contributed by atoms with Gasteiger partial charge in [-0.15, -0.1) is 0 Å². The van der Waals surface area contributed by atoms with Crippen molar-refractivity contribution < 1.29 is 19.1 Å². The van der Waals surface area contributed by atoms with Crippen molar-refractivity contribution in [2.75, 3.05) is 13.2 Å². The lowest BCUT2D eigenvalue weighted by Gasteiger charge is -2.08. The molecule has 2 aromatic carbocycles. The zero-order valence-electron chi connectivity index (χ0n) is 11.4. The summed E-state index contributed by atoms with van der Waals surface area (Å²) in [7, 11) is 0. The fraction of sp³-hybridized carbons (Fsp3) is 0.125. The van der Waals surface area contributed by atoms with Gasteiger partial charge in [-0.05, 0) is 71.7 Å². The third-order valence-electron chi connectivity index (χ3n) is 2.78. The SMILES string of the molecule is O=C(Cl)c1ccc(OCCOc2ccc(C(=O)Cl)cc2)cc1. The molecule has 114 valence electrons. The van der Waals surface area contributed by atoms with Gasteiger partial charge in [0.05, 0.1) is 0 Å². The zero-order chi connectivity index (χ0) is 15.9. The van der Waals surface area contributed by atoms with E-state index >= 15 is 0 Å². The van der Waals surface area contributed by atoms with Gasteiger partial charge in [-0.25, -0.2) is 0 Å². The average Bonchev–Trinajstić information content (AvgIpc) is 2.52. The molecule has 0 aliphatic rings. The number of carbonyl (C=O) groups is 2. The van der Waals surface area contributed by atoms with Gasteiger partial charge in [-0.3, -0.25) is 9.59 Å². The van der Waals surface area contributed by atoms with Crippen LogP contribution in [0.2, 0.25) is 0 Å². The summed E-state index contributed by atoms with van der Waals surface area (Å²) in [5, 5.41) is -1.01. The highest BCUT2D eigenvalue weighted by atomic mass is 35.5. The average molecular weight is 339 g/mol. The fourth-order valence-corrected chi connectivity index (χ4v) is 1.94. The second kappa shape index (κ2) is 7.82. The van der Waals surface area contributed by atoms with Gasteiger partial charge >= 0.3 is 0 Å². The minimum atomic E-state index is -0.506. The van der Waals surface area contributed by atoms with E-state index in [1.165, 1.54) is 0 Å². The van der Waals surface area contributed by atoms with Crippen molar-refractivity contribution in [3.8, 4) is 11.5 Å². The second-order valence-corrected chi connectivity index (χ2v) is 4.98. The highest BCUT2D eigenvalue weighted by Crippen LogP contribution is 2.15. The molecule has 4 nitrogen and oxygen atoms in total. The van der Waals surface area contributed by atoms with Gasteiger partial charge in [-0.2, -0.15) is 0 Å². The van der Waals surface area contributed by atoms with Crippen molar-refractivity contribution in [2.24, 2.45) is 0 Å². The molecule has 2 rings (SSSR count). The van der Waals surface area contributed by atoms with Crippen LogP contribution in [-0.2, 0) is 0 Å². The Labute approximate surface area is 137 Å². The second-order valence-electron chi connectivity index (χ2n) is 4.29. The lowest BCUT2D eigenvalue weighted by atomic mass is 10.2. The van der Waals surface area contributed by atoms with Gasteiger partial charge in [0, 0.05) is 11.1 Å². The van der Waals surface area contributed by atoms with Gasteiger partial charge in [0.25, 0.3) is 10.5 Å². The van der Waals surface area contributed by atoms with Crippen molar-refractivity contribution >= 4 is 33.7 Å². The summed E-state index contributed by atoms with van der Waals surface area (Å²) in [4.78, 5) is 21.8. The Hall–Kier alpha value is -2.04. The smallest absolute Gasteiger partial charge is 0.252 e. The van der Waals surface area contributed by atoms with Crippen molar-refractivity contribution in [1.82, 2.24) is 0 Å². The van der Waals surface area contributed by atoms with Crippen LogP contribution >= 0.6 is 23.2 Å². The molecule has 0 unspecified atom stereocenters. The van der Waals surface area contributed by atoms with E-state index in [4.69, 9.17) is 32.7 Å². The highest BCUT2D eigenvalue weighted by molar-refractivity contribution is 6.68. The highest BCUT2D eigenvalue weighted by Gasteiger charge is 2.03. The van der Waals surface area contributed by atoms with Crippen LogP contribution in [0.5, 0.6) is 11.5 Å². The van der Waals surface area contributed by atoms with Crippen LogP contribution in [0.25, 0.3) is 0 Å². The number of carbonyl (C=O) groups excluding carboxylic acids is 2. The number of ether oxygens (including phenoxy) is 2. The Morgan fingerprint density at radius 3 is 1.27 bits per heavy atom. The topological polar surface area (TPSA) is 52.6 Å². The number of benzene rings is 2. The molecule has 0 N–H and O–H groups in total. The van der Waals surface area contributed by atoms with Crippen LogP contribution in [0.15, 0.2) is 48.5 Å². The lowest BCUT2D eigenvalue weighted by Crippen LogP contribution is -2.09. The Morgan fingerprint density at radius 1 is 0.682 bits per heavy atom. The molecule has 0 radical (unpaired) electrons. The van der Waals surface area contributed by atoms with Gasteiger partial charge in [0.2, 0.25) is 0 Å². The Morgan fingerprint density at radius 2 is 1.00 bits per heavy atom. The van der Waals surface area contributed by atoms with Gasteiger partial charge in [-0.1, -0.05) is 0 Å². The van der Waals surface area contributed by atoms with Crippen LogP contribution in [-0.4, -0.2) is 23.7 Å². The van der Waals surface area contributed by atoms with Crippen LogP contribution in [0.3, 0.4) is 0 Å². The Balaban J connectivity index is 1.77. The maximum Gasteiger partial charge on any atom is 0.252 e. The zero-order valence-corrected chi connectivity index (χ0v) is 12.9. The van der Waals surface area contributed by atoms with Crippen LogP contribution in [0, 0.1) is 0 Å². The molecule has 0 aromatic heterocycles. The van der Waals surface area contributed by atoms with Gasteiger partial charge < -0.3 is 9.47 Å². The summed E-state index contributed by atoms with van der Waals surface area (Å²) in [5.74, 6) is 1.24. The summed E-state index contributed by atoms with van der Waals surface area (Å²) < 4.78 is 10.9. The van der Waals surface area contributed by atoms with E-state index in [0.29, 0.717) is 35.8 Å². The fourth-order valence-electron chi connectivity index (χ4n) is 1.68. The first-order valence-electron chi connectivity index (χ1n) is 6.41. The number of hydrogen-bond acceptors (Lipinski definition) is 4. The standard InChI is InChI=1S/C16H12Cl2O4/c17-15(19)11-1-5-13(6-2-11)21-9-10-22-14-7-3-12(4-8-14)16(18)20/h1-8H,9-10H2. The van der Waals surface area contributed by atoms with Crippen molar-refractivity contribution in [1.29, 1.82) is 0 Å². The third kappa shape index (κ3) is 4.76. The summed E-state index contributed by atoms with van der Waals surface area (Å²) in [6.45, 7) is 0.675. The summed E-state index contributed by atoms with van der Waals surface area (Å²) in [6.07, 6.45) is 0. The number of halogens is 2. The van der Waals surface area contributed by atoms with Crippen molar-refractivity contribution in [3.05, 3.63) is 59.7 Å². The molecule has 0 amide bonds. The van der Waals surface area contributed by atoms with Crippen LogP contribution in [0.1, 0.15) is 20.7 Å². The predicted octanol–water partition coefficient (Wildman–Crippen LogP) is 3.90. The number of hydrogen-bond donors (Lipinski definition) is 0. The van der Waals surface area contributed by atoms with E-state index < -0.39 is 10.5 Å². The lowest BCUT2D eigenvalue weighted by molar-refractivity contribution is 0.107. The molecule has 22 heavy (non-hydrogen) atoms. The van der Waals surface area contributed by atoms with Gasteiger partial charge in [0.1, 0.15) is 24.7 Å².